The third-order valence-electron chi connectivity index (χ3n) is 3.55. The maximum atomic E-state index is 12.7. The lowest BCUT2D eigenvalue weighted by Crippen LogP contribution is -2.42. The highest BCUT2D eigenvalue weighted by Gasteiger charge is 2.34. The van der Waals surface area contributed by atoms with Crippen LogP contribution < -0.4 is 10.1 Å². The monoisotopic (exact) mass is 221 g/mol. The van der Waals surface area contributed by atoms with Crippen molar-refractivity contribution in [3.63, 3.8) is 0 Å². The minimum atomic E-state index is -0.210. The molecule has 2 aliphatic heterocycles. The van der Waals surface area contributed by atoms with Gasteiger partial charge in [0.2, 0.25) is 0 Å². The molecule has 0 amide bonds. The van der Waals surface area contributed by atoms with Crippen LogP contribution in [-0.2, 0) is 0 Å². The fraction of sp³-hybridized carbons (Fsp3) is 0.538. The lowest BCUT2D eigenvalue weighted by atomic mass is 10.0. The summed E-state index contributed by atoms with van der Waals surface area (Å²) in [5.41, 5.74) is 0. The van der Waals surface area contributed by atoms with Crippen LogP contribution in [0.15, 0.2) is 24.3 Å². The second kappa shape index (κ2) is 4.06. The molecule has 0 saturated carbocycles. The summed E-state index contributed by atoms with van der Waals surface area (Å²) < 4.78 is 18.6. The van der Waals surface area contributed by atoms with Gasteiger partial charge in [-0.05, 0) is 49.9 Å². The fourth-order valence-electron chi connectivity index (χ4n) is 2.81. The Labute approximate surface area is 94.8 Å². The van der Waals surface area contributed by atoms with E-state index in [1.54, 1.807) is 12.1 Å². The van der Waals surface area contributed by atoms with Crippen LogP contribution >= 0.6 is 0 Å². The Morgan fingerprint density at radius 3 is 2.31 bits per heavy atom. The summed E-state index contributed by atoms with van der Waals surface area (Å²) >= 11 is 0. The molecule has 86 valence electrons. The first-order valence-corrected chi connectivity index (χ1v) is 5.98. The molecular weight excluding hydrogens is 205 g/mol. The summed E-state index contributed by atoms with van der Waals surface area (Å²) in [6.45, 7) is 0. The molecule has 2 aliphatic rings. The molecule has 2 heterocycles. The van der Waals surface area contributed by atoms with E-state index >= 15 is 0 Å². The molecule has 2 atom stereocenters. The molecule has 0 aromatic heterocycles. The first-order valence-electron chi connectivity index (χ1n) is 5.98. The second-order valence-corrected chi connectivity index (χ2v) is 4.80. The van der Waals surface area contributed by atoms with Crippen molar-refractivity contribution in [3.8, 4) is 5.75 Å². The average molecular weight is 221 g/mol. The van der Waals surface area contributed by atoms with E-state index in [-0.39, 0.29) is 5.82 Å². The van der Waals surface area contributed by atoms with Crippen molar-refractivity contribution < 1.29 is 9.13 Å². The SMILES string of the molecule is Fc1ccc(OC2CC3CCC(C2)N3)cc1. The summed E-state index contributed by atoms with van der Waals surface area (Å²) in [5.74, 6) is 0.574. The normalized spacial score (nSPS) is 32.7. The van der Waals surface area contributed by atoms with Crippen LogP contribution in [0, 0.1) is 5.82 Å². The molecule has 2 unspecified atom stereocenters. The van der Waals surface area contributed by atoms with Crippen LogP contribution in [0.2, 0.25) is 0 Å². The van der Waals surface area contributed by atoms with Crippen LogP contribution in [0.25, 0.3) is 0 Å². The van der Waals surface area contributed by atoms with Crippen LogP contribution in [0.3, 0.4) is 0 Å². The van der Waals surface area contributed by atoms with Crippen LogP contribution in [0.1, 0.15) is 25.7 Å². The lowest BCUT2D eigenvalue weighted by molar-refractivity contribution is 0.137. The second-order valence-electron chi connectivity index (χ2n) is 4.80. The number of fused-ring (bicyclic) bond motifs is 2. The van der Waals surface area contributed by atoms with Gasteiger partial charge in [-0.1, -0.05) is 0 Å². The Morgan fingerprint density at radius 1 is 1.06 bits per heavy atom. The summed E-state index contributed by atoms with van der Waals surface area (Å²) in [4.78, 5) is 0. The highest BCUT2D eigenvalue weighted by molar-refractivity contribution is 5.22. The molecule has 3 rings (SSSR count). The Bertz CT molecular complexity index is 353. The van der Waals surface area contributed by atoms with E-state index in [0.29, 0.717) is 18.2 Å². The molecule has 1 N–H and O–H groups in total. The minimum absolute atomic E-state index is 0.210. The van der Waals surface area contributed by atoms with Crippen molar-refractivity contribution in [1.29, 1.82) is 0 Å². The highest BCUT2D eigenvalue weighted by Crippen LogP contribution is 2.29. The molecule has 0 radical (unpaired) electrons. The third kappa shape index (κ3) is 2.05. The number of ether oxygens (including phenoxy) is 1. The highest BCUT2D eigenvalue weighted by atomic mass is 19.1. The van der Waals surface area contributed by atoms with Gasteiger partial charge in [0.25, 0.3) is 0 Å². The molecular formula is C13H16FNO. The van der Waals surface area contributed by atoms with E-state index in [1.807, 2.05) is 0 Å². The first-order chi connectivity index (χ1) is 7.79. The zero-order valence-electron chi connectivity index (χ0n) is 9.16. The summed E-state index contributed by atoms with van der Waals surface area (Å²) in [5, 5.41) is 3.58. The number of halogens is 1. The largest absolute Gasteiger partial charge is 0.490 e. The number of hydrogen-bond acceptors (Lipinski definition) is 2. The van der Waals surface area contributed by atoms with Gasteiger partial charge in [0.05, 0.1) is 0 Å². The van der Waals surface area contributed by atoms with E-state index < -0.39 is 0 Å². The Morgan fingerprint density at radius 2 is 1.69 bits per heavy atom. The van der Waals surface area contributed by atoms with Gasteiger partial charge < -0.3 is 10.1 Å². The molecule has 3 heteroatoms. The fourth-order valence-corrected chi connectivity index (χ4v) is 2.81. The van der Waals surface area contributed by atoms with E-state index in [1.165, 1.54) is 25.0 Å². The number of hydrogen-bond donors (Lipinski definition) is 1. The Balaban J connectivity index is 1.64. The standard InChI is InChI=1S/C13H16FNO/c14-9-1-5-12(6-2-9)16-13-7-10-3-4-11(8-13)15-10/h1-2,5-6,10-11,13,15H,3-4,7-8H2. The molecule has 1 aromatic carbocycles. The van der Waals surface area contributed by atoms with Crippen LogP contribution in [-0.4, -0.2) is 18.2 Å². The molecule has 0 spiro atoms. The number of rotatable bonds is 2. The van der Waals surface area contributed by atoms with Crippen molar-refractivity contribution in [2.45, 2.75) is 43.9 Å². The van der Waals surface area contributed by atoms with E-state index in [2.05, 4.69) is 5.32 Å². The van der Waals surface area contributed by atoms with Gasteiger partial charge in [0, 0.05) is 12.1 Å². The van der Waals surface area contributed by atoms with Crippen LogP contribution in [0.5, 0.6) is 5.75 Å². The number of benzene rings is 1. The Hall–Kier alpha value is -1.09. The number of piperidine rings is 1. The van der Waals surface area contributed by atoms with Gasteiger partial charge in [-0.15, -0.1) is 0 Å². The first kappa shape index (κ1) is 10.1. The molecule has 2 nitrogen and oxygen atoms in total. The topological polar surface area (TPSA) is 21.3 Å². The predicted molar refractivity (Wildman–Crippen MR) is 60.0 cm³/mol. The molecule has 0 aliphatic carbocycles. The minimum Gasteiger partial charge on any atom is -0.490 e. The van der Waals surface area contributed by atoms with Crippen LogP contribution in [0.4, 0.5) is 4.39 Å². The Kier molecular flexibility index (Phi) is 2.56. The van der Waals surface area contributed by atoms with E-state index in [4.69, 9.17) is 4.74 Å². The van der Waals surface area contributed by atoms with Crippen molar-refractivity contribution in [1.82, 2.24) is 5.32 Å². The quantitative estimate of drug-likeness (QED) is 0.828. The van der Waals surface area contributed by atoms with Gasteiger partial charge in [0.15, 0.2) is 0 Å². The molecule has 2 bridgehead atoms. The molecule has 2 saturated heterocycles. The van der Waals surface area contributed by atoms with Gasteiger partial charge in [-0.3, -0.25) is 0 Å². The van der Waals surface area contributed by atoms with Gasteiger partial charge >= 0.3 is 0 Å². The van der Waals surface area contributed by atoms with E-state index in [9.17, 15) is 4.39 Å². The maximum Gasteiger partial charge on any atom is 0.123 e. The van der Waals surface area contributed by atoms with Crippen molar-refractivity contribution >= 4 is 0 Å². The van der Waals surface area contributed by atoms with Crippen molar-refractivity contribution in [3.05, 3.63) is 30.1 Å². The smallest absolute Gasteiger partial charge is 0.123 e. The summed E-state index contributed by atoms with van der Waals surface area (Å²) in [7, 11) is 0. The maximum absolute atomic E-state index is 12.7. The predicted octanol–water partition coefficient (Wildman–Crippen LogP) is 2.49. The zero-order chi connectivity index (χ0) is 11.0. The van der Waals surface area contributed by atoms with Gasteiger partial charge in [0.1, 0.15) is 17.7 Å². The van der Waals surface area contributed by atoms with Gasteiger partial charge in [-0.25, -0.2) is 4.39 Å². The zero-order valence-corrected chi connectivity index (χ0v) is 9.16. The molecule has 16 heavy (non-hydrogen) atoms. The summed E-state index contributed by atoms with van der Waals surface area (Å²) in [6.07, 6.45) is 4.99. The lowest BCUT2D eigenvalue weighted by Gasteiger charge is -2.29. The van der Waals surface area contributed by atoms with E-state index in [0.717, 1.165) is 18.6 Å². The van der Waals surface area contributed by atoms with Crippen molar-refractivity contribution in [2.75, 3.05) is 0 Å². The van der Waals surface area contributed by atoms with Crippen molar-refractivity contribution in [2.24, 2.45) is 0 Å². The molecule has 1 aromatic rings. The van der Waals surface area contributed by atoms with Gasteiger partial charge in [-0.2, -0.15) is 0 Å². The molecule has 2 fully saturated rings. The summed E-state index contributed by atoms with van der Waals surface area (Å²) in [6, 6.07) is 7.57. The average Bonchev–Trinajstić information content (AvgIpc) is 2.62. The number of nitrogens with one attached hydrogen (secondary N) is 1. The third-order valence-corrected chi connectivity index (χ3v) is 3.55.